The first kappa shape index (κ1) is 22.9. The van der Waals surface area contributed by atoms with Crippen molar-refractivity contribution in [3.05, 3.63) is 76.0 Å². The second kappa shape index (κ2) is 10.2. The average Bonchev–Trinajstić information content (AvgIpc) is 3.59. The van der Waals surface area contributed by atoms with Crippen molar-refractivity contribution < 1.29 is 23.9 Å². The Hall–Kier alpha value is -3.85. The van der Waals surface area contributed by atoms with Crippen LogP contribution in [-0.4, -0.2) is 42.5 Å². The maximum atomic E-state index is 13.1. The summed E-state index contributed by atoms with van der Waals surface area (Å²) in [5.74, 6) is 0.481. The van der Waals surface area contributed by atoms with Crippen LogP contribution in [0.5, 0.6) is 11.5 Å². The van der Waals surface area contributed by atoms with E-state index in [-0.39, 0.29) is 30.4 Å². The Balaban J connectivity index is 1.22. The standard InChI is InChI=1S/C26H25N3O5S/c30-24(18-5-3-11-29(15-18)26(32)23-8-4-12-35-23)28-20-7-2-1-6-19(20)25(31)27-14-17-9-10-21-22(13-17)34-16-33-21/h1-2,4,6-10,12-13,18H,3,5,11,14-16H2,(H,27,31)(H,28,30). The number of carbonyl (C=O) groups is 3. The Morgan fingerprint density at radius 2 is 1.89 bits per heavy atom. The van der Waals surface area contributed by atoms with Gasteiger partial charge in [-0.2, -0.15) is 0 Å². The minimum Gasteiger partial charge on any atom is -0.454 e. The van der Waals surface area contributed by atoms with Gasteiger partial charge in [0.05, 0.1) is 22.0 Å². The number of likely N-dealkylation sites (tertiary alicyclic amines) is 1. The number of nitrogens with zero attached hydrogens (tertiary/aromatic N) is 1. The highest BCUT2D eigenvalue weighted by atomic mass is 32.1. The van der Waals surface area contributed by atoms with Gasteiger partial charge in [0.2, 0.25) is 12.7 Å². The van der Waals surface area contributed by atoms with E-state index < -0.39 is 0 Å². The number of piperidine rings is 1. The van der Waals surface area contributed by atoms with Crippen LogP contribution in [0.15, 0.2) is 60.0 Å². The molecule has 5 rings (SSSR count). The zero-order valence-electron chi connectivity index (χ0n) is 19.0. The molecule has 0 saturated carbocycles. The number of rotatable bonds is 6. The number of hydrogen-bond acceptors (Lipinski definition) is 6. The Labute approximate surface area is 206 Å². The molecule has 1 aromatic heterocycles. The van der Waals surface area contributed by atoms with Crippen molar-refractivity contribution in [2.24, 2.45) is 5.92 Å². The molecule has 0 spiro atoms. The maximum Gasteiger partial charge on any atom is 0.263 e. The molecule has 1 atom stereocenters. The lowest BCUT2D eigenvalue weighted by Gasteiger charge is -2.32. The normalized spacial score (nSPS) is 16.6. The van der Waals surface area contributed by atoms with Crippen LogP contribution in [-0.2, 0) is 11.3 Å². The molecule has 9 heteroatoms. The Kier molecular flexibility index (Phi) is 6.67. The molecule has 0 radical (unpaired) electrons. The van der Waals surface area contributed by atoms with E-state index in [1.165, 1.54) is 11.3 Å². The second-order valence-corrected chi connectivity index (χ2v) is 9.42. The van der Waals surface area contributed by atoms with Gasteiger partial charge in [-0.05, 0) is 54.1 Å². The van der Waals surface area contributed by atoms with Crippen molar-refractivity contribution in [1.82, 2.24) is 10.2 Å². The first-order valence-electron chi connectivity index (χ1n) is 11.5. The van der Waals surface area contributed by atoms with Gasteiger partial charge < -0.3 is 25.0 Å². The lowest BCUT2D eigenvalue weighted by atomic mass is 9.96. The molecular formula is C26H25N3O5S. The predicted molar refractivity (Wildman–Crippen MR) is 132 cm³/mol. The number of anilines is 1. The van der Waals surface area contributed by atoms with Gasteiger partial charge >= 0.3 is 0 Å². The quantitative estimate of drug-likeness (QED) is 0.545. The number of ether oxygens (including phenoxy) is 2. The zero-order valence-corrected chi connectivity index (χ0v) is 19.8. The number of fused-ring (bicyclic) bond motifs is 1. The fourth-order valence-electron chi connectivity index (χ4n) is 4.29. The largest absolute Gasteiger partial charge is 0.454 e. The third-order valence-electron chi connectivity index (χ3n) is 6.13. The van der Waals surface area contributed by atoms with Crippen LogP contribution in [0.3, 0.4) is 0 Å². The number of benzene rings is 2. The van der Waals surface area contributed by atoms with Crippen LogP contribution in [0, 0.1) is 5.92 Å². The van der Waals surface area contributed by atoms with Crippen molar-refractivity contribution in [2.45, 2.75) is 19.4 Å². The monoisotopic (exact) mass is 491 g/mol. The predicted octanol–water partition coefficient (Wildman–Crippen LogP) is 3.90. The first-order chi connectivity index (χ1) is 17.1. The van der Waals surface area contributed by atoms with Crippen molar-refractivity contribution >= 4 is 34.7 Å². The van der Waals surface area contributed by atoms with Gasteiger partial charge in [0.1, 0.15) is 0 Å². The van der Waals surface area contributed by atoms with E-state index >= 15 is 0 Å². The molecule has 1 saturated heterocycles. The molecule has 3 heterocycles. The third kappa shape index (κ3) is 5.14. The van der Waals surface area contributed by atoms with Crippen LogP contribution in [0.2, 0.25) is 0 Å². The summed E-state index contributed by atoms with van der Waals surface area (Å²) in [5.41, 5.74) is 1.70. The highest BCUT2D eigenvalue weighted by molar-refractivity contribution is 7.12. The van der Waals surface area contributed by atoms with E-state index in [9.17, 15) is 14.4 Å². The van der Waals surface area contributed by atoms with Crippen molar-refractivity contribution in [3.8, 4) is 11.5 Å². The lowest BCUT2D eigenvalue weighted by Crippen LogP contribution is -2.43. The smallest absolute Gasteiger partial charge is 0.263 e. The molecule has 180 valence electrons. The Morgan fingerprint density at radius 3 is 2.74 bits per heavy atom. The van der Waals surface area contributed by atoms with Gasteiger partial charge in [0.25, 0.3) is 11.8 Å². The molecule has 1 fully saturated rings. The number of para-hydroxylation sites is 1. The summed E-state index contributed by atoms with van der Waals surface area (Å²) in [7, 11) is 0. The molecule has 2 aliphatic heterocycles. The number of amides is 3. The molecule has 2 aliphatic rings. The molecule has 3 amide bonds. The molecule has 0 aliphatic carbocycles. The molecule has 2 N–H and O–H groups in total. The number of thiophene rings is 1. The minimum atomic E-state index is -0.336. The molecule has 1 unspecified atom stereocenters. The van der Waals surface area contributed by atoms with Crippen molar-refractivity contribution in [2.75, 3.05) is 25.2 Å². The number of nitrogens with one attached hydrogen (secondary N) is 2. The van der Waals surface area contributed by atoms with Crippen LogP contribution in [0.4, 0.5) is 5.69 Å². The number of carbonyl (C=O) groups excluding carboxylic acids is 3. The van der Waals surface area contributed by atoms with E-state index in [2.05, 4.69) is 10.6 Å². The molecule has 2 aromatic carbocycles. The fraction of sp³-hybridized carbons (Fsp3) is 0.269. The minimum absolute atomic E-state index is 0.0409. The van der Waals surface area contributed by atoms with E-state index in [0.29, 0.717) is 53.7 Å². The van der Waals surface area contributed by atoms with Crippen LogP contribution < -0.4 is 20.1 Å². The molecule has 35 heavy (non-hydrogen) atoms. The molecule has 8 nitrogen and oxygen atoms in total. The van der Waals surface area contributed by atoms with Crippen molar-refractivity contribution in [1.29, 1.82) is 0 Å². The van der Waals surface area contributed by atoms with E-state index in [1.54, 1.807) is 35.2 Å². The maximum absolute atomic E-state index is 13.1. The second-order valence-electron chi connectivity index (χ2n) is 8.47. The highest BCUT2D eigenvalue weighted by Gasteiger charge is 2.30. The van der Waals surface area contributed by atoms with Crippen LogP contribution in [0.25, 0.3) is 0 Å². The summed E-state index contributed by atoms with van der Waals surface area (Å²) in [4.78, 5) is 41.1. The highest BCUT2D eigenvalue weighted by Crippen LogP contribution is 2.32. The summed E-state index contributed by atoms with van der Waals surface area (Å²) in [5, 5.41) is 7.69. The molecule has 0 bridgehead atoms. The van der Waals surface area contributed by atoms with E-state index in [0.717, 1.165) is 12.0 Å². The van der Waals surface area contributed by atoms with Gasteiger partial charge in [0, 0.05) is 19.6 Å². The summed E-state index contributed by atoms with van der Waals surface area (Å²) in [6, 6.07) is 16.1. The Morgan fingerprint density at radius 1 is 1.03 bits per heavy atom. The first-order valence-corrected chi connectivity index (χ1v) is 12.4. The van der Waals surface area contributed by atoms with Gasteiger partial charge in [-0.3, -0.25) is 14.4 Å². The van der Waals surface area contributed by atoms with Crippen molar-refractivity contribution in [3.63, 3.8) is 0 Å². The van der Waals surface area contributed by atoms with Gasteiger partial charge in [-0.25, -0.2) is 0 Å². The van der Waals surface area contributed by atoms with E-state index in [1.807, 2.05) is 29.6 Å². The molecular weight excluding hydrogens is 466 g/mol. The number of hydrogen-bond donors (Lipinski definition) is 2. The van der Waals surface area contributed by atoms with Gasteiger partial charge in [-0.15, -0.1) is 11.3 Å². The summed E-state index contributed by atoms with van der Waals surface area (Å²) >= 11 is 1.40. The Bertz CT molecular complexity index is 1240. The zero-order chi connectivity index (χ0) is 24.2. The topological polar surface area (TPSA) is 97.0 Å². The molecule has 3 aromatic rings. The fourth-order valence-corrected chi connectivity index (χ4v) is 4.98. The summed E-state index contributed by atoms with van der Waals surface area (Å²) < 4.78 is 10.7. The van der Waals surface area contributed by atoms with Gasteiger partial charge in [0.15, 0.2) is 11.5 Å². The SMILES string of the molecule is O=C(NCc1ccc2c(c1)OCO2)c1ccccc1NC(=O)C1CCCN(C(=O)c2cccs2)C1. The van der Waals surface area contributed by atoms with Gasteiger partial charge in [-0.1, -0.05) is 24.3 Å². The van der Waals surface area contributed by atoms with Crippen LogP contribution >= 0.6 is 11.3 Å². The average molecular weight is 492 g/mol. The van der Waals surface area contributed by atoms with E-state index in [4.69, 9.17) is 9.47 Å². The summed E-state index contributed by atoms with van der Waals surface area (Å²) in [6.07, 6.45) is 1.45. The van der Waals surface area contributed by atoms with Crippen LogP contribution in [0.1, 0.15) is 38.4 Å². The third-order valence-corrected chi connectivity index (χ3v) is 6.99. The lowest BCUT2D eigenvalue weighted by molar-refractivity contribution is -0.121. The summed E-state index contributed by atoms with van der Waals surface area (Å²) in [6.45, 7) is 1.50.